The second-order valence-corrected chi connectivity index (χ2v) is 4.44. The number of hydrogen-bond donors (Lipinski definition) is 2. The minimum Gasteiger partial charge on any atom is -0.494 e. The van der Waals surface area contributed by atoms with E-state index < -0.39 is 0 Å². The van der Waals surface area contributed by atoms with Gasteiger partial charge in [0.25, 0.3) is 0 Å². The second kappa shape index (κ2) is 7.71. The standard InChI is InChI=1S/C14H22N2O2/c1-3-9-18-13-6-4-5-12(10-13)16-14(17)8-7-11(2)15/h4-6,10-11H,3,7-9,15H2,1-2H3,(H,16,17). The van der Waals surface area contributed by atoms with Gasteiger partial charge in [-0.1, -0.05) is 13.0 Å². The molecule has 1 aromatic carbocycles. The Kier molecular flexibility index (Phi) is 6.22. The molecule has 1 atom stereocenters. The molecule has 4 nitrogen and oxygen atoms in total. The molecule has 0 heterocycles. The number of anilines is 1. The van der Waals surface area contributed by atoms with Crippen molar-refractivity contribution in [2.24, 2.45) is 5.73 Å². The maximum absolute atomic E-state index is 11.6. The van der Waals surface area contributed by atoms with Gasteiger partial charge < -0.3 is 15.8 Å². The molecule has 0 spiro atoms. The van der Waals surface area contributed by atoms with Crippen LogP contribution in [0.4, 0.5) is 5.69 Å². The van der Waals surface area contributed by atoms with Crippen LogP contribution in [-0.4, -0.2) is 18.6 Å². The first-order valence-electron chi connectivity index (χ1n) is 6.40. The normalized spacial score (nSPS) is 11.9. The summed E-state index contributed by atoms with van der Waals surface area (Å²) < 4.78 is 5.50. The Balaban J connectivity index is 2.48. The van der Waals surface area contributed by atoms with Crippen molar-refractivity contribution in [1.29, 1.82) is 0 Å². The van der Waals surface area contributed by atoms with Crippen LogP contribution in [0.5, 0.6) is 5.75 Å². The van der Waals surface area contributed by atoms with Crippen LogP contribution in [0.1, 0.15) is 33.1 Å². The van der Waals surface area contributed by atoms with Crippen molar-refractivity contribution in [2.75, 3.05) is 11.9 Å². The van der Waals surface area contributed by atoms with Gasteiger partial charge in [-0.2, -0.15) is 0 Å². The maximum Gasteiger partial charge on any atom is 0.224 e. The highest BCUT2D eigenvalue weighted by atomic mass is 16.5. The lowest BCUT2D eigenvalue weighted by atomic mass is 10.2. The molecule has 1 amide bonds. The van der Waals surface area contributed by atoms with Gasteiger partial charge in [-0.25, -0.2) is 0 Å². The summed E-state index contributed by atoms with van der Waals surface area (Å²) in [5, 5.41) is 2.84. The minimum atomic E-state index is -0.0139. The van der Waals surface area contributed by atoms with Gasteiger partial charge in [-0.15, -0.1) is 0 Å². The Morgan fingerprint density at radius 1 is 1.50 bits per heavy atom. The SMILES string of the molecule is CCCOc1cccc(NC(=O)CCC(C)N)c1. The predicted molar refractivity (Wildman–Crippen MR) is 73.7 cm³/mol. The van der Waals surface area contributed by atoms with Crippen LogP contribution in [0, 0.1) is 0 Å². The van der Waals surface area contributed by atoms with Gasteiger partial charge in [-0.3, -0.25) is 4.79 Å². The molecule has 0 aliphatic heterocycles. The van der Waals surface area contributed by atoms with E-state index in [1.54, 1.807) is 0 Å². The fourth-order valence-electron chi connectivity index (χ4n) is 1.47. The van der Waals surface area contributed by atoms with E-state index in [1.165, 1.54) is 0 Å². The first-order valence-corrected chi connectivity index (χ1v) is 6.40. The lowest BCUT2D eigenvalue weighted by Gasteiger charge is -2.09. The van der Waals surface area contributed by atoms with Crippen molar-refractivity contribution < 1.29 is 9.53 Å². The molecule has 1 rings (SSSR count). The number of nitrogens with two attached hydrogens (primary N) is 1. The van der Waals surface area contributed by atoms with Crippen molar-refractivity contribution in [3.8, 4) is 5.75 Å². The minimum absolute atomic E-state index is 0.0139. The van der Waals surface area contributed by atoms with Crippen LogP contribution >= 0.6 is 0 Å². The summed E-state index contributed by atoms with van der Waals surface area (Å²) in [7, 11) is 0. The number of nitrogens with one attached hydrogen (secondary N) is 1. The first-order chi connectivity index (χ1) is 8.61. The van der Waals surface area contributed by atoms with Crippen LogP contribution in [0.2, 0.25) is 0 Å². The zero-order valence-electron chi connectivity index (χ0n) is 11.1. The van der Waals surface area contributed by atoms with E-state index in [0.717, 1.165) is 17.9 Å². The number of hydrogen-bond acceptors (Lipinski definition) is 3. The molecule has 18 heavy (non-hydrogen) atoms. The van der Waals surface area contributed by atoms with Crippen LogP contribution in [-0.2, 0) is 4.79 Å². The van der Waals surface area contributed by atoms with Crippen molar-refractivity contribution >= 4 is 11.6 Å². The Bertz CT molecular complexity index is 378. The fourth-order valence-corrected chi connectivity index (χ4v) is 1.47. The molecule has 0 aliphatic carbocycles. The number of carbonyl (C=O) groups is 1. The van der Waals surface area contributed by atoms with Crippen LogP contribution in [0.15, 0.2) is 24.3 Å². The largest absolute Gasteiger partial charge is 0.494 e. The monoisotopic (exact) mass is 250 g/mol. The van der Waals surface area contributed by atoms with E-state index in [-0.39, 0.29) is 11.9 Å². The summed E-state index contributed by atoms with van der Waals surface area (Å²) in [6.07, 6.45) is 2.10. The Morgan fingerprint density at radius 2 is 2.28 bits per heavy atom. The third-order valence-electron chi connectivity index (χ3n) is 2.42. The molecule has 1 aromatic rings. The van der Waals surface area contributed by atoms with Gasteiger partial charge in [0.2, 0.25) is 5.91 Å². The van der Waals surface area contributed by atoms with Crippen molar-refractivity contribution in [3.63, 3.8) is 0 Å². The van der Waals surface area contributed by atoms with Gasteiger partial charge in [0.1, 0.15) is 5.75 Å². The Hall–Kier alpha value is -1.55. The summed E-state index contributed by atoms with van der Waals surface area (Å²) in [5.41, 5.74) is 6.38. The topological polar surface area (TPSA) is 64.3 Å². The molecule has 0 saturated heterocycles. The molecular formula is C14H22N2O2. The fraction of sp³-hybridized carbons (Fsp3) is 0.500. The van der Waals surface area contributed by atoms with Gasteiger partial charge in [0.05, 0.1) is 6.61 Å². The molecule has 1 unspecified atom stereocenters. The predicted octanol–water partition coefficient (Wildman–Crippen LogP) is 2.54. The van der Waals surface area contributed by atoms with Gasteiger partial charge in [0, 0.05) is 24.2 Å². The van der Waals surface area contributed by atoms with Crippen LogP contribution in [0.3, 0.4) is 0 Å². The van der Waals surface area contributed by atoms with Crippen LogP contribution < -0.4 is 15.8 Å². The molecule has 0 aromatic heterocycles. The number of carbonyl (C=O) groups excluding carboxylic acids is 1. The summed E-state index contributed by atoms with van der Waals surface area (Å²) in [4.78, 5) is 11.6. The average Bonchev–Trinajstić information content (AvgIpc) is 2.34. The highest BCUT2D eigenvalue weighted by molar-refractivity contribution is 5.90. The Morgan fingerprint density at radius 3 is 2.94 bits per heavy atom. The highest BCUT2D eigenvalue weighted by Crippen LogP contribution is 2.17. The van der Waals surface area contributed by atoms with Crippen LogP contribution in [0.25, 0.3) is 0 Å². The van der Waals surface area contributed by atoms with E-state index in [2.05, 4.69) is 12.2 Å². The second-order valence-electron chi connectivity index (χ2n) is 4.44. The van der Waals surface area contributed by atoms with Gasteiger partial charge >= 0.3 is 0 Å². The maximum atomic E-state index is 11.6. The third-order valence-corrected chi connectivity index (χ3v) is 2.42. The molecular weight excluding hydrogens is 228 g/mol. The average molecular weight is 250 g/mol. The number of rotatable bonds is 7. The summed E-state index contributed by atoms with van der Waals surface area (Å²) in [5.74, 6) is 0.766. The van der Waals surface area contributed by atoms with Crippen molar-refractivity contribution in [1.82, 2.24) is 0 Å². The number of ether oxygens (including phenoxy) is 1. The number of benzene rings is 1. The van der Waals surface area contributed by atoms with Crippen molar-refractivity contribution in [2.45, 2.75) is 39.2 Å². The lowest BCUT2D eigenvalue weighted by molar-refractivity contribution is -0.116. The smallest absolute Gasteiger partial charge is 0.224 e. The van der Waals surface area contributed by atoms with Gasteiger partial charge in [-0.05, 0) is 31.9 Å². The zero-order chi connectivity index (χ0) is 13.4. The van der Waals surface area contributed by atoms with E-state index in [9.17, 15) is 4.79 Å². The molecule has 4 heteroatoms. The third kappa shape index (κ3) is 5.68. The van der Waals surface area contributed by atoms with E-state index >= 15 is 0 Å². The highest BCUT2D eigenvalue weighted by Gasteiger charge is 2.04. The summed E-state index contributed by atoms with van der Waals surface area (Å²) in [6, 6.07) is 7.48. The summed E-state index contributed by atoms with van der Waals surface area (Å²) in [6.45, 7) is 4.63. The van der Waals surface area contributed by atoms with E-state index in [0.29, 0.717) is 19.4 Å². The zero-order valence-corrected chi connectivity index (χ0v) is 11.1. The van der Waals surface area contributed by atoms with Gasteiger partial charge in [0.15, 0.2) is 0 Å². The van der Waals surface area contributed by atoms with E-state index in [4.69, 9.17) is 10.5 Å². The molecule has 0 bridgehead atoms. The van der Waals surface area contributed by atoms with Crippen molar-refractivity contribution in [3.05, 3.63) is 24.3 Å². The first kappa shape index (κ1) is 14.5. The Labute approximate surface area is 109 Å². The molecule has 0 saturated carbocycles. The summed E-state index contributed by atoms with van der Waals surface area (Å²) >= 11 is 0. The molecule has 0 aliphatic rings. The van der Waals surface area contributed by atoms with E-state index in [1.807, 2.05) is 31.2 Å². The molecule has 3 N–H and O–H groups in total. The lowest BCUT2D eigenvalue weighted by Crippen LogP contribution is -2.19. The molecule has 100 valence electrons. The number of amides is 1. The quantitative estimate of drug-likeness (QED) is 0.781. The molecule has 0 fully saturated rings. The molecule has 0 radical (unpaired) electrons.